The first-order valence-corrected chi connectivity index (χ1v) is 9.65. The molecule has 1 aliphatic heterocycles. The molecule has 1 aliphatic rings. The van der Waals surface area contributed by atoms with Gasteiger partial charge in [0.1, 0.15) is 0 Å². The average molecular weight is 364 g/mol. The first-order valence-electron chi connectivity index (χ1n) is 7.83. The summed E-state index contributed by atoms with van der Waals surface area (Å²) in [7, 11) is -2.99. The molecule has 0 aromatic rings. The largest absolute Gasteiger partial charge is 0.466 e. The van der Waals surface area contributed by atoms with Crippen molar-refractivity contribution in [3.63, 3.8) is 0 Å². The Balaban J connectivity index is 2.09. The van der Waals surface area contributed by atoms with E-state index in [1.807, 2.05) is 0 Å². The van der Waals surface area contributed by atoms with Crippen LogP contribution in [0.4, 0.5) is 0 Å². The molecule has 0 atom stereocenters. The number of carbonyl (C=O) groups is 3. The molecule has 0 aromatic carbocycles. The van der Waals surface area contributed by atoms with Gasteiger partial charge in [-0.05, 0) is 13.3 Å². The molecule has 0 unspecified atom stereocenters. The Morgan fingerprint density at radius 3 is 2.38 bits per heavy atom. The number of amides is 1. The van der Waals surface area contributed by atoms with Crippen molar-refractivity contribution in [1.29, 1.82) is 0 Å². The van der Waals surface area contributed by atoms with Gasteiger partial charge in [0.15, 0.2) is 16.4 Å². The van der Waals surface area contributed by atoms with Gasteiger partial charge in [-0.15, -0.1) is 0 Å². The molecule has 0 bridgehead atoms. The molecule has 10 heteroatoms. The highest BCUT2D eigenvalue weighted by Gasteiger charge is 2.23. The molecule has 0 aromatic heterocycles. The SMILES string of the molecule is CCOC(=O)CCCNC(=O)COC(=O)CN1CCS(=O)(=O)CC1. The second-order valence-corrected chi connectivity index (χ2v) is 7.65. The van der Waals surface area contributed by atoms with Gasteiger partial charge in [0.2, 0.25) is 0 Å². The third-order valence-electron chi connectivity index (χ3n) is 3.34. The number of carbonyl (C=O) groups excluding carboxylic acids is 3. The molecule has 9 nitrogen and oxygen atoms in total. The van der Waals surface area contributed by atoms with Crippen LogP contribution in [0.2, 0.25) is 0 Å². The number of rotatable bonds is 9. The summed E-state index contributed by atoms with van der Waals surface area (Å²) in [6.45, 7) is 2.48. The number of nitrogens with one attached hydrogen (secondary N) is 1. The van der Waals surface area contributed by atoms with Gasteiger partial charge < -0.3 is 14.8 Å². The predicted octanol–water partition coefficient (Wildman–Crippen LogP) is -1.28. The van der Waals surface area contributed by atoms with Crippen LogP contribution in [0.25, 0.3) is 0 Å². The number of ether oxygens (including phenoxy) is 2. The molecule has 1 heterocycles. The molecule has 0 saturated carbocycles. The van der Waals surface area contributed by atoms with Crippen molar-refractivity contribution in [1.82, 2.24) is 10.2 Å². The second kappa shape index (κ2) is 10.2. The first-order chi connectivity index (χ1) is 11.3. The average Bonchev–Trinajstić information content (AvgIpc) is 2.52. The first kappa shape index (κ1) is 20.4. The quantitative estimate of drug-likeness (QED) is 0.397. The van der Waals surface area contributed by atoms with E-state index < -0.39 is 28.3 Å². The van der Waals surface area contributed by atoms with E-state index in [1.54, 1.807) is 11.8 Å². The summed E-state index contributed by atoms with van der Waals surface area (Å²) in [6.07, 6.45) is 0.659. The monoisotopic (exact) mass is 364 g/mol. The van der Waals surface area contributed by atoms with Crippen molar-refractivity contribution < 1.29 is 32.3 Å². The molecule has 1 amide bonds. The Hall–Kier alpha value is -1.68. The molecule has 1 rings (SSSR count). The summed E-state index contributed by atoms with van der Waals surface area (Å²) in [5.74, 6) is -1.28. The fraction of sp³-hybridized carbons (Fsp3) is 0.786. The standard InChI is InChI=1S/C14H24N2O7S/c1-2-22-13(18)4-3-5-15-12(17)11-23-14(19)10-16-6-8-24(20,21)9-7-16/h2-11H2,1H3,(H,15,17). The van der Waals surface area contributed by atoms with Gasteiger partial charge >= 0.3 is 11.9 Å². The van der Waals surface area contributed by atoms with E-state index in [0.717, 1.165) is 0 Å². The van der Waals surface area contributed by atoms with Gasteiger partial charge in [0.25, 0.3) is 5.91 Å². The van der Waals surface area contributed by atoms with Crippen LogP contribution in [-0.2, 0) is 33.7 Å². The van der Waals surface area contributed by atoms with Crippen LogP contribution in [-0.4, -0.2) is 82.1 Å². The normalized spacial score (nSPS) is 17.0. The van der Waals surface area contributed by atoms with E-state index in [2.05, 4.69) is 5.32 Å². The van der Waals surface area contributed by atoms with Crippen molar-refractivity contribution in [3.05, 3.63) is 0 Å². The van der Waals surface area contributed by atoms with Crippen LogP contribution in [0.1, 0.15) is 19.8 Å². The number of esters is 2. The highest BCUT2D eigenvalue weighted by atomic mass is 32.2. The van der Waals surface area contributed by atoms with E-state index in [1.165, 1.54) is 0 Å². The third kappa shape index (κ3) is 8.82. The maximum absolute atomic E-state index is 11.6. The van der Waals surface area contributed by atoms with Gasteiger partial charge in [-0.2, -0.15) is 0 Å². The van der Waals surface area contributed by atoms with Crippen molar-refractivity contribution >= 4 is 27.7 Å². The van der Waals surface area contributed by atoms with E-state index in [0.29, 0.717) is 19.6 Å². The van der Waals surface area contributed by atoms with Crippen LogP contribution in [0.5, 0.6) is 0 Å². The Labute approximate surface area is 141 Å². The number of nitrogens with zero attached hydrogens (tertiary/aromatic N) is 1. The molecule has 24 heavy (non-hydrogen) atoms. The molecule has 1 saturated heterocycles. The van der Waals surface area contributed by atoms with Gasteiger partial charge in [0, 0.05) is 26.1 Å². The summed E-state index contributed by atoms with van der Waals surface area (Å²) in [4.78, 5) is 35.9. The smallest absolute Gasteiger partial charge is 0.320 e. The van der Waals surface area contributed by atoms with E-state index in [-0.39, 0.29) is 43.5 Å². The molecule has 0 radical (unpaired) electrons. The van der Waals surface area contributed by atoms with Crippen molar-refractivity contribution in [2.45, 2.75) is 19.8 Å². The van der Waals surface area contributed by atoms with E-state index in [9.17, 15) is 22.8 Å². The molecule has 138 valence electrons. The highest BCUT2D eigenvalue weighted by Crippen LogP contribution is 2.03. The van der Waals surface area contributed by atoms with Crippen molar-refractivity contribution in [3.8, 4) is 0 Å². The molecule has 1 N–H and O–H groups in total. The topological polar surface area (TPSA) is 119 Å². The lowest BCUT2D eigenvalue weighted by Crippen LogP contribution is -2.43. The number of sulfone groups is 1. The maximum Gasteiger partial charge on any atom is 0.320 e. The lowest BCUT2D eigenvalue weighted by molar-refractivity contribution is -0.149. The van der Waals surface area contributed by atoms with Crippen LogP contribution < -0.4 is 5.32 Å². The van der Waals surface area contributed by atoms with Crippen molar-refractivity contribution in [2.24, 2.45) is 0 Å². The lowest BCUT2D eigenvalue weighted by atomic mass is 10.3. The van der Waals surface area contributed by atoms with Crippen LogP contribution in [0.3, 0.4) is 0 Å². The fourth-order valence-corrected chi connectivity index (χ4v) is 3.30. The minimum Gasteiger partial charge on any atom is -0.466 e. The Morgan fingerprint density at radius 2 is 1.75 bits per heavy atom. The van der Waals surface area contributed by atoms with Gasteiger partial charge in [0.05, 0.1) is 24.7 Å². The van der Waals surface area contributed by atoms with Gasteiger partial charge in [-0.25, -0.2) is 8.42 Å². The molecule has 0 spiro atoms. The predicted molar refractivity (Wildman–Crippen MR) is 84.9 cm³/mol. The van der Waals surface area contributed by atoms with Crippen LogP contribution in [0.15, 0.2) is 0 Å². The maximum atomic E-state index is 11.6. The molecule has 0 aliphatic carbocycles. The molecule has 1 fully saturated rings. The lowest BCUT2D eigenvalue weighted by Gasteiger charge is -2.25. The summed E-state index contributed by atoms with van der Waals surface area (Å²) in [5.41, 5.74) is 0. The summed E-state index contributed by atoms with van der Waals surface area (Å²) < 4.78 is 32.1. The zero-order chi connectivity index (χ0) is 18.0. The zero-order valence-corrected chi connectivity index (χ0v) is 14.6. The number of hydrogen-bond donors (Lipinski definition) is 1. The van der Waals surface area contributed by atoms with Crippen LogP contribution >= 0.6 is 0 Å². The fourth-order valence-electron chi connectivity index (χ4n) is 2.03. The third-order valence-corrected chi connectivity index (χ3v) is 4.95. The minimum atomic E-state index is -2.99. The summed E-state index contributed by atoms with van der Waals surface area (Å²) in [6, 6.07) is 0. The zero-order valence-electron chi connectivity index (χ0n) is 13.8. The number of hydrogen-bond acceptors (Lipinski definition) is 8. The van der Waals surface area contributed by atoms with Crippen molar-refractivity contribution in [2.75, 3.05) is 50.9 Å². The van der Waals surface area contributed by atoms with Gasteiger partial charge in [-0.3, -0.25) is 19.3 Å². The Morgan fingerprint density at radius 1 is 1.08 bits per heavy atom. The van der Waals surface area contributed by atoms with Gasteiger partial charge in [-0.1, -0.05) is 0 Å². The Kier molecular flexibility index (Phi) is 8.69. The summed E-state index contributed by atoms with van der Waals surface area (Å²) in [5, 5.41) is 2.53. The highest BCUT2D eigenvalue weighted by molar-refractivity contribution is 7.91. The minimum absolute atomic E-state index is 0.0290. The molecular formula is C14H24N2O7S. The Bertz CT molecular complexity index is 533. The van der Waals surface area contributed by atoms with E-state index >= 15 is 0 Å². The second-order valence-electron chi connectivity index (χ2n) is 5.35. The summed E-state index contributed by atoms with van der Waals surface area (Å²) >= 11 is 0. The van der Waals surface area contributed by atoms with E-state index in [4.69, 9.17) is 9.47 Å². The molecular weight excluding hydrogens is 340 g/mol. The van der Waals surface area contributed by atoms with Crippen LogP contribution in [0, 0.1) is 0 Å².